The van der Waals surface area contributed by atoms with Crippen LogP contribution in [0.3, 0.4) is 0 Å². The van der Waals surface area contributed by atoms with Crippen LogP contribution in [-0.4, -0.2) is 71.6 Å². The Morgan fingerprint density at radius 3 is 2.62 bits per heavy atom. The highest BCUT2D eigenvalue weighted by Crippen LogP contribution is 2.45. The molecule has 0 aromatic heterocycles. The van der Waals surface area contributed by atoms with Crippen molar-refractivity contribution in [1.82, 2.24) is 14.7 Å². The third-order valence-electron chi connectivity index (χ3n) is 7.16. The van der Waals surface area contributed by atoms with Crippen LogP contribution in [0.25, 0.3) is 0 Å². The highest BCUT2D eigenvalue weighted by atomic mass is 32.2. The molecule has 2 aromatic carbocycles. The first-order chi connectivity index (χ1) is 19.4. The van der Waals surface area contributed by atoms with Crippen LogP contribution in [0.2, 0.25) is 0 Å². The number of carbonyl (C=O) groups excluding carboxylic acids is 2. The number of piperazine rings is 1. The minimum Gasteiger partial charge on any atom is -0.489 e. The smallest absolute Gasteiger partial charge is 0.338 e. The second kappa shape index (κ2) is 12.6. The van der Waals surface area contributed by atoms with Gasteiger partial charge in [-0.3, -0.25) is 4.79 Å². The van der Waals surface area contributed by atoms with E-state index in [1.807, 2.05) is 76.7 Å². The van der Waals surface area contributed by atoms with Crippen LogP contribution in [-0.2, 0) is 20.9 Å². The van der Waals surface area contributed by atoms with Gasteiger partial charge in [-0.05, 0) is 42.6 Å². The quantitative estimate of drug-likeness (QED) is 0.325. The van der Waals surface area contributed by atoms with E-state index in [0.29, 0.717) is 36.7 Å². The molecule has 2 aromatic rings. The van der Waals surface area contributed by atoms with E-state index in [2.05, 4.69) is 18.5 Å². The molecule has 3 aliphatic rings. The van der Waals surface area contributed by atoms with Crippen LogP contribution in [0.5, 0.6) is 5.75 Å². The lowest BCUT2D eigenvalue weighted by Gasteiger charge is -2.37. The van der Waals surface area contributed by atoms with Crippen LogP contribution in [0.1, 0.15) is 30.5 Å². The third kappa shape index (κ3) is 6.16. The van der Waals surface area contributed by atoms with E-state index in [9.17, 15) is 9.59 Å². The van der Waals surface area contributed by atoms with Crippen molar-refractivity contribution >= 4 is 28.8 Å². The fourth-order valence-electron chi connectivity index (χ4n) is 5.00. The van der Waals surface area contributed by atoms with Gasteiger partial charge in [-0.15, -0.1) is 0 Å². The number of allylic oxidation sites excluding steroid dienone is 1. The number of carbonyl (C=O) groups is 2. The summed E-state index contributed by atoms with van der Waals surface area (Å²) in [5.74, 6) is 0.303. The van der Waals surface area contributed by atoms with Crippen LogP contribution >= 0.6 is 11.8 Å². The molecule has 5 rings (SSSR count). The van der Waals surface area contributed by atoms with Crippen LogP contribution in [0.15, 0.2) is 94.6 Å². The van der Waals surface area contributed by atoms with Crippen molar-refractivity contribution in [3.05, 3.63) is 101 Å². The van der Waals surface area contributed by atoms with Crippen molar-refractivity contribution < 1.29 is 19.1 Å². The summed E-state index contributed by atoms with van der Waals surface area (Å²) in [5, 5.41) is 2.71. The van der Waals surface area contributed by atoms with Gasteiger partial charge >= 0.3 is 5.97 Å². The summed E-state index contributed by atoms with van der Waals surface area (Å²) in [6, 6.07) is 17.2. The van der Waals surface area contributed by atoms with Crippen molar-refractivity contribution in [1.29, 1.82) is 0 Å². The predicted octanol–water partition coefficient (Wildman–Crippen LogP) is 4.73. The molecular weight excluding hydrogens is 524 g/mol. The Bertz CT molecular complexity index is 1360. The van der Waals surface area contributed by atoms with Crippen molar-refractivity contribution in [2.24, 2.45) is 4.99 Å². The van der Waals surface area contributed by atoms with Gasteiger partial charge in [0.15, 0.2) is 5.17 Å². The molecule has 0 radical (unpaired) electrons. The fraction of sp³-hybridized carbons (Fsp3) is 0.323. The molecule has 208 valence electrons. The number of amidine groups is 1. The number of likely N-dealkylation sites (N-methyl/N-ethyl adjacent to an activating group) is 1. The summed E-state index contributed by atoms with van der Waals surface area (Å²) < 4.78 is 11.6. The van der Waals surface area contributed by atoms with Gasteiger partial charge in [0.1, 0.15) is 19.0 Å². The van der Waals surface area contributed by atoms with Gasteiger partial charge in [0.25, 0.3) is 0 Å². The minimum absolute atomic E-state index is 0.0713. The minimum atomic E-state index is -0.522. The van der Waals surface area contributed by atoms with Gasteiger partial charge in [-0.2, -0.15) is 0 Å². The predicted molar refractivity (Wildman–Crippen MR) is 157 cm³/mol. The Hall–Kier alpha value is -3.82. The van der Waals surface area contributed by atoms with E-state index >= 15 is 0 Å². The number of hydrogen-bond donors (Lipinski definition) is 0. The normalized spacial score (nSPS) is 19.1. The summed E-state index contributed by atoms with van der Waals surface area (Å²) >= 11 is 1.47. The molecule has 1 fully saturated rings. The number of aliphatic imine (C=N–C) groups is 1. The molecule has 3 heterocycles. The molecule has 1 saturated heterocycles. The number of thioether (sulfide) groups is 1. The number of hydrogen-bond acceptors (Lipinski definition) is 8. The molecule has 40 heavy (non-hydrogen) atoms. The first-order valence-corrected chi connectivity index (χ1v) is 14.3. The lowest BCUT2D eigenvalue weighted by Crippen LogP contribution is -2.47. The number of amides is 1. The summed E-state index contributed by atoms with van der Waals surface area (Å²) in [6.45, 7) is 9.15. The van der Waals surface area contributed by atoms with E-state index in [1.54, 1.807) is 6.08 Å². The second-order valence-corrected chi connectivity index (χ2v) is 10.8. The number of nitrogens with zero attached hydrogens (tertiary/aromatic N) is 4. The van der Waals surface area contributed by atoms with E-state index in [4.69, 9.17) is 14.5 Å². The number of rotatable bonds is 9. The number of benzene rings is 2. The molecule has 0 aliphatic carbocycles. The maximum atomic E-state index is 13.4. The van der Waals surface area contributed by atoms with Crippen LogP contribution < -0.4 is 4.74 Å². The standard InChI is InChI=1S/C31H34N4O4S/c1-4-17-38-30(37)28-22(2)32-31-35(25(21-40-31)19-27(36)34-15-13-33(3)14-16-34)29(28)24-11-8-12-26(18-24)39-20-23-9-6-5-7-10-23/h4-12,18,21,29H,1,13-17,19-20H2,2-3H3. The Morgan fingerprint density at radius 1 is 1.10 bits per heavy atom. The van der Waals surface area contributed by atoms with Crippen molar-refractivity contribution in [3.63, 3.8) is 0 Å². The highest BCUT2D eigenvalue weighted by molar-refractivity contribution is 8.16. The van der Waals surface area contributed by atoms with Gasteiger partial charge in [0.2, 0.25) is 5.91 Å². The molecule has 1 amide bonds. The summed E-state index contributed by atoms with van der Waals surface area (Å²) in [6.07, 6.45) is 1.77. The molecule has 0 saturated carbocycles. The van der Waals surface area contributed by atoms with Gasteiger partial charge in [-0.25, -0.2) is 9.79 Å². The van der Waals surface area contributed by atoms with Crippen molar-refractivity contribution in [2.75, 3.05) is 39.8 Å². The molecule has 3 aliphatic heterocycles. The maximum absolute atomic E-state index is 13.4. The van der Waals surface area contributed by atoms with Gasteiger partial charge < -0.3 is 24.2 Å². The molecular formula is C31H34N4O4S. The van der Waals surface area contributed by atoms with Gasteiger partial charge in [0, 0.05) is 31.9 Å². The highest BCUT2D eigenvalue weighted by Gasteiger charge is 2.41. The molecule has 0 spiro atoms. The third-order valence-corrected chi connectivity index (χ3v) is 8.05. The average Bonchev–Trinajstić information content (AvgIpc) is 3.36. The summed E-state index contributed by atoms with van der Waals surface area (Å²) in [5.41, 5.74) is 3.76. The molecule has 1 atom stereocenters. The first kappa shape index (κ1) is 27.7. The topological polar surface area (TPSA) is 74.7 Å². The number of esters is 1. The molecule has 0 N–H and O–H groups in total. The maximum Gasteiger partial charge on any atom is 0.338 e. The molecule has 1 unspecified atom stereocenters. The second-order valence-electron chi connectivity index (χ2n) is 9.99. The monoisotopic (exact) mass is 558 g/mol. The van der Waals surface area contributed by atoms with Crippen LogP contribution in [0, 0.1) is 0 Å². The Labute approximate surface area is 239 Å². The zero-order valence-corrected chi connectivity index (χ0v) is 23.7. The Kier molecular flexibility index (Phi) is 8.72. The molecule has 0 bridgehead atoms. The van der Waals surface area contributed by atoms with E-state index in [1.165, 1.54) is 11.8 Å². The van der Waals surface area contributed by atoms with E-state index < -0.39 is 12.0 Å². The van der Waals surface area contributed by atoms with Crippen molar-refractivity contribution in [2.45, 2.75) is 26.0 Å². The fourth-order valence-corrected chi connectivity index (χ4v) is 5.96. The Balaban J connectivity index is 1.45. The van der Waals surface area contributed by atoms with Crippen LogP contribution in [0.4, 0.5) is 0 Å². The van der Waals surface area contributed by atoms with E-state index in [0.717, 1.165) is 35.1 Å². The number of fused-ring (bicyclic) bond motifs is 1. The van der Waals surface area contributed by atoms with Crippen molar-refractivity contribution in [3.8, 4) is 5.75 Å². The lowest BCUT2D eigenvalue weighted by molar-refractivity contribution is -0.138. The summed E-state index contributed by atoms with van der Waals surface area (Å²) in [7, 11) is 2.07. The first-order valence-electron chi connectivity index (χ1n) is 13.4. The van der Waals surface area contributed by atoms with Gasteiger partial charge in [-0.1, -0.05) is 66.9 Å². The summed E-state index contributed by atoms with van der Waals surface area (Å²) in [4.78, 5) is 37.6. The molecule has 9 heteroatoms. The largest absolute Gasteiger partial charge is 0.489 e. The SMILES string of the molecule is C=CCOC(=O)C1=C(C)N=C2SC=C(CC(=O)N3CCN(C)CC3)N2C1c1cccc(OCc2ccccc2)c1. The van der Waals surface area contributed by atoms with Gasteiger partial charge in [0.05, 0.1) is 23.7 Å². The number of ether oxygens (including phenoxy) is 2. The zero-order valence-electron chi connectivity index (χ0n) is 22.9. The Morgan fingerprint density at radius 2 is 1.88 bits per heavy atom. The van der Waals surface area contributed by atoms with E-state index in [-0.39, 0.29) is 18.9 Å². The molecule has 8 nitrogen and oxygen atoms in total. The lowest BCUT2D eigenvalue weighted by atomic mass is 9.93. The zero-order chi connectivity index (χ0) is 28.1. The average molecular weight is 559 g/mol.